The van der Waals surface area contributed by atoms with Crippen molar-refractivity contribution < 1.29 is 5.11 Å². The molecule has 3 heteroatoms. The molecule has 24 heavy (non-hydrogen) atoms. The second-order valence-corrected chi connectivity index (χ2v) is 6.14. The van der Waals surface area contributed by atoms with Gasteiger partial charge in [-0.1, -0.05) is 54.6 Å². The molecule has 0 bridgehead atoms. The fraction of sp³-hybridized carbons (Fsp3) is 0.143. The van der Waals surface area contributed by atoms with Crippen LogP contribution in [0.15, 0.2) is 78.9 Å². The van der Waals surface area contributed by atoms with E-state index in [4.69, 9.17) is 5.73 Å². The lowest BCUT2D eigenvalue weighted by molar-refractivity contribution is 0.126. The van der Waals surface area contributed by atoms with Gasteiger partial charge in [0.05, 0.1) is 0 Å². The summed E-state index contributed by atoms with van der Waals surface area (Å²) in [6.45, 7) is 0. The molecule has 1 atom stereocenters. The topological polar surface area (TPSA) is 49.5 Å². The van der Waals surface area contributed by atoms with E-state index >= 15 is 0 Å². The van der Waals surface area contributed by atoms with Gasteiger partial charge >= 0.3 is 0 Å². The van der Waals surface area contributed by atoms with Crippen LogP contribution in [0.5, 0.6) is 0 Å². The largest absolute Gasteiger partial charge is 0.399 e. The lowest BCUT2D eigenvalue weighted by Gasteiger charge is -2.30. The zero-order valence-corrected chi connectivity index (χ0v) is 14.0. The first-order chi connectivity index (χ1) is 11.5. The van der Waals surface area contributed by atoms with Gasteiger partial charge in [-0.05, 0) is 41.0 Å². The zero-order chi connectivity index (χ0) is 17.2. The molecule has 3 aromatic rings. The molecule has 3 N–H and O–H groups in total. The first-order valence-electron chi connectivity index (χ1n) is 7.93. The van der Waals surface area contributed by atoms with Crippen LogP contribution in [0.25, 0.3) is 0 Å². The van der Waals surface area contributed by atoms with E-state index in [1.807, 2.05) is 97.9 Å². The highest BCUT2D eigenvalue weighted by molar-refractivity contribution is 5.54. The Morgan fingerprint density at radius 1 is 0.708 bits per heavy atom. The second kappa shape index (κ2) is 6.38. The maximum absolute atomic E-state index is 11.7. The van der Waals surface area contributed by atoms with Gasteiger partial charge in [0.15, 0.2) is 0 Å². The van der Waals surface area contributed by atoms with E-state index in [0.717, 1.165) is 22.4 Å². The maximum atomic E-state index is 11.7. The lowest BCUT2D eigenvalue weighted by atomic mass is 9.80. The van der Waals surface area contributed by atoms with Crippen LogP contribution in [0, 0.1) is 0 Å². The van der Waals surface area contributed by atoms with Gasteiger partial charge in [-0.3, -0.25) is 0 Å². The molecule has 0 aliphatic carbocycles. The molecule has 0 aromatic heterocycles. The van der Waals surface area contributed by atoms with E-state index in [1.165, 1.54) is 0 Å². The summed E-state index contributed by atoms with van der Waals surface area (Å²) in [4.78, 5) is 2.04. The Bertz CT molecular complexity index is 796. The van der Waals surface area contributed by atoms with E-state index in [0.29, 0.717) is 5.69 Å². The van der Waals surface area contributed by atoms with Crippen LogP contribution in [-0.2, 0) is 5.60 Å². The Morgan fingerprint density at radius 2 is 1.17 bits per heavy atom. The Labute approximate surface area is 143 Å². The minimum absolute atomic E-state index is 0.678. The van der Waals surface area contributed by atoms with Crippen molar-refractivity contribution in [2.45, 2.75) is 5.60 Å². The van der Waals surface area contributed by atoms with Gasteiger partial charge in [0.1, 0.15) is 5.60 Å². The quantitative estimate of drug-likeness (QED) is 0.570. The number of anilines is 2. The third-order valence-corrected chi connectivity index (χ3v) is 4.32. The molecule has 0 radical (unpaired) electrons. The molecule has 3 aromatic carbocycles. The van der Waals surface area contributed by atoms with Crippen LogP contribution in [0.2, 0.25) is 0 Å². The monoisotopic (exact) mass is 318 g/mol. The fourth-order valence-electron chi connectivity index (χ4n) is 2.90. The molecule has 3 rings (SSSR count). The number of nitrogens with two attached hydrogens (primary N) is 1. The van der Waals surface area contributed by atoms with Crippen molar-refractivity contribution in [3.63, 3.8) is 0 Å². The van der Waals surface area contributed by atoms with Crippen LogP contribution in [0.3, 0.4) is 0 Å². The summed E-state index contributed by atoms with van der Waals surface area (Å²) in [7, 11) is 4.00. The van der Waals surface area contributed by atoms with E-state index in [9.17, 15) is 5.11 Å². The van der Waals surface area contributed by atoms with Crippen molar-refractivity contribution in [3.05, 3.63) is 95.6 Å². The first-order valence-corrected chi connectivity index (χ1v) is 7.93. The Balaban J connectivity index is 2.17. The summed E-state index contributed by atoms with van der Waals surface area (Å²) in [6.07, 6.45) is 0. The summed E-state index contributed by atoms with van der Waals surface area (Å²) in [5.41, 5.74) is 8.80. The average molecular weight is 318 g/mol. The van der Waals surface area contributed by atoms with Crippen molar-refractivity contribution >= 4 is 11.4 Å². The SMILES string of the molecule is CN(C)c1ccc(C(O)(c2ccccc2)c2ccc(N)cc2)cc1. The molecule has 0 spiro atoms. The van der Waals surface area contributed by atoms with Crippen molar-refractivity contribution in [3.8, 4) is 0 Å². The third-order valence-electron chi connectivity index (χ3n) is 4.32. The normalized spacial score (nSPS) is 13.3. The number of aliphatic hydroxyl groups is 1. The number of benzene rings is 3. The molecule has 0 amide bonds. The van der Waals surface area contributed by atoms with Crippen LogP contribution < -0.4 is 10.6 Å². The highest BCUT2D eigenvalue weighted by atomic mass is 16.3. The molecule has 0 heterocycles. The van der Waals surface area contributed by atoms with E-state index < -0.39 is 5.60 Å². The average Bonchev–Trinajstić information content (AvgIpc) is 2.62. The molecular weight excluding hydrogens is 296 g/mol. The Morgan fingerprint density at radius 3 is 1.67 bits per heavy atom. The summed E-state index contributed by atoms with van der Waals surface area (Å²) in [6, 6.07) is 25.1. The first kappa shape index (κ1) is 16.1. The van der Waals surface area contributed by atoms with Gasteiger partial charge in [-0.15, -0.1) is 0 Å². The van der Waals surface area contributed by atoms with E-state index in [2.05, 4.69) is 0 Å². The lowest BCUT2D eigenvalue weighted by Crippen LogP contribution is -2.28. The predicted molar refractivity (Wildman–Crippen MR) is 100 cm³/mol. The van der Waals surface area contributed by atoms with Crippen molar-refractivity contribution in [2.24, 2.45) is 0 Å². The smallest absolute Gasteiger partial charge is 0.140 e. The number of hydrogen-bond donors (Lipinski definition) is 2. The van der Waals surface area contributed by atoms with Gasteiger partial charge in [0.2, 0.25) is 0 Å². The summed E-state index contributed by atoms with van der Waals surface area (Å²) in [5, 5.41) is 11.7. The van der Waals surface area contributed by atoms with Gasteiger partial charge in [-0.2, -0.15) is 0 Å². The van der Waals surface area contributed by atoms with Crippen LogP contribution in [0.1, 0.15) is 16.7 Å². The molecule has 3 nitrogen and oxygen atoms in total. The van der Waals surface area contributed by atoms with E-state index in [1.54, 1.807) is 0 Å². The molecule has 122 valence electrons. The van der Waals surface area contributed by atoms with Gasteiger partial charge < -0.3 is 15.7 Å². The van der Waals surface area contributed by atoms with Gasteiger partial charge in [-0.25, -0.2) is 0 Å². The maximum Gasteiger partial charge on any atom is 0.140 e. The fourth-order valence-corrected chi connectivity index (χ4v) is 2.90. The number of rotatable bonds is 4. The Kier molecular flexibility index (Phi) is 4.28. The van der Waals surface area contributed by atoms with E-state index in [-0.39, 0.29) is 0 Å². The zero-order valence-electron chi connectivity index (χ0n) is 14.0. The molecule has 0 aliphatic rings. The number of hydrogen-bond acceptors (Lipinski definition) is 3. The van der Waals surface area contributed by atoms with Crippen LogP contribution >= 0.6 is 0 Å². The minimum atomic E-state index is -1.22. The highest BCUT2D eigenvalue weighted by Crippen LogP contribution is 2.37. The summed E-state index contributed by atoms with van der Waals surface area (Å²) < 4.78 is 0. The van der Waals surface area contributed by atoms with Crippen molar-refractivity contribution in [1.29, 1.82) is 0 Å². The second-order valence-electron chi connectivity index (χ2n) is 6.14. The highest BCUT2D eigenvalue weighted by Gasteiger charge is 2.33. The van der Waals surface area contributed by atoms with Crippen molar-refractivity contribution in [2.75, 3.05) is 24.7 Å². The number of nitrogens with zero attached hydrogens (tertiary/aromatic N) is 1. The number of nitrogen functional groups attached to an aromatic ring is 1. The molecule has 1 unspecified atom stereocenters. The third kappa shape index (κ3) is 2.86. The summed E-state index contributed by atoms with van der Waals surface area (Å²) in [5.74, 6) is 0. The van der Waals surface area contributed by atoms with Crippen molar-refractivity contribution in [1.82, 2.24) is 0 Å². The molecule has 0 aliphatic heterocycles. The molecule has 0 saturated heterocycles. The van der Waals surface area contributed by atoms with Gasteiger partial charge in [0.25, 0.3) is 0 Å². The Hall–Kier alpha value is -2.78. The van der Waals surface area contributed by atoms with Gasteiger partial charge in [0, 0.05) is 25.5 Å². The minimum Gasteiger partial charge on any atom is -0.399 e. The molecular formula is C21H22N2O. The van der Waals surface area contributed by atoms with Crippen LogP contribution in [0.4, 0.5) is 11.4 Å². The summed E-state index contributed by atoms with van der Waals surface area (Å²) >= 11 is 0. The molecule has 0 saturated carbocycles. The predicted octanol–water partition coefficient (Wildman–Crippen LogP) is 3.62. The van der Waals surface area contributed by atoms with Crippen LogP contribution in [-0.4, -0.2) is 19.2 Å². The standard InChI is InChI=1S/C21H22N2O/c1-23(2)20-14-10-18(11-15-20)21(24,16-6-4-3-5-7-16)17-8-12-19(22)13-9-17/h3-15,24H,22H2,1-2H3. The molecule has 0 fully saturated rings.